The molecular weight excluding hydrogens is 1180 g/mol. The third kappa shape index (κ3) is 16.9. The van der Waals surface area contributed by atoms with Crippen LogP contribution in [0.2, 0.25) is 0 Å². The Morgan fingerprint density at radius 1 is 0.229 bits per heavy atom. The van der Waals surface area contributed by atoms with Crippen LogP contribution in [0.15, 0.2) is 186 Å². The summed E-state index contributed by atoms with van der Waals surface area (Å²) in [5.41, 5.74) is 16.4. The summed E-state index contributed by atoms with van der Waals surface area (Å²) < 4.78 is 0. The summed E-state index contributed by atoms with van der Waals surface area (Å²) >= 11 is 0. The number of fused-ring (bicyclic) bond motifs is 16. The fourth-order valence-corrected chi connectivity index (χ4v) is 17.0. The van der Waals surface area contributed by atoms with Crippen LogP contribution in [0.1, 0.15) is 214 Å². The Morgan fingerprint density at radius 3 is 0.542 bits per heavy atom. The van der Waals surface area contributed by atoms with Crippen molar-refractivity contribution < 1.29 is 40.9 Å². The highest BCUT2D eigenvalue weighted by Gasteiger charge is 2.42. The quantitative estimate of drug-likeness (QED) is 0.0758. The van der Waals surface area contributed by atoms with Gasteiger partial charge in [0.25, 0.3) is 0 Å². The zero-order valence-corrected chi connectivity index (χ0v) is 62.0. The number of allylic oxidation sites excluding steroid dienone is 16. The summed E-state index contributed by atoms with van der Waals surface area (Å²) in [5, 5.41) is 104. The first-order valence-corrected chi connectivity index (χ1v) is 38.6. The Kier molecular flexibility index (Phi) is 26.3. The molecule has 8 nitrogen and oxygen atoms in total. The lowest BCUT2D eigenvalue weighted by atomic mass is 9.69. The smallest absolute Gasteiger partial charge is 0.0822 e. The van der Waals surface area contributed by atoms with Gasteiger partial charge in [-0.1, -0.05) is 208 Å². The van der Waals surface area contributed by atoms with Crippen molar-refractivity contribution in [1.82, 2.24) is 0 Å². The molecule has 0 heterocycles. The molecule has 0 spiro atoms. The van der Waals surface area contributed by atoms with Crippen LogP contribution < -0.4 is 0 Å². The predicted octanol–water partition coefficient (Wildman–Crippen LogP) is 18.2. The van der Waals surface area contributed by atoms with Crippen molar-refractivity contribution in [1.29, 1.82) is 0 Å². The summed E-state index contributed by atoms with van der Waals surface area (Å²) in [6.07, 6.45) is 39.8. The first-order chi connectivity index (χ1) is 45.8. The van der Waals surface area contributed by atoms with E-state index in [-0.39, 0.29) is 94.7 Å². The summed E-state index contributed by atoms with van der Waals surface area (Å²) in [5.74, 6) is -0.847. The molecule has 0 radical (unpaired) electrons. The van der Waals surface area contributed by atoms with Gasteiger partial charge in [0.15, 0.2) is 0 Å². The Hall–Kier alpha value is -4.48. The van der Waals surface area contributed by atoms with Crippen LogP contribution in [0.25, 0.3) is 0 Å². The molecule has 8 heteroatoms. The van der Waals surface area contributed by atoms with Crippen LogP contribution in [-0.2, 0) is 0 Å². The van der Waals surface area contributed by atoms with E-state index in [2.05, 4.69) is 208 Å². The van der Waals surface area contributed by atoms with Crippen molar-refractivity contribution in [3.63, 3.8) is 0 Å². The van der Waals surface area contributed by atoms with Gasteiger partial charge in [-0.3, -0.25) is 0 Å². The molecule has 24 atom stereocenters. The molecule has 96 heavy (non-hydrogen) atoms. The Balaban J connectivity index is 1.16. The number of aliphatic hydroxyl groups is 8. The summed E-state index contributed by atoms with van der Waals surface area (Å²) in [7, 11) is 0. The molecule has 9 aliphatic carbocycles. The number of aliphatic hydroxyl groups excluding tert-OH is 8. The first-order valence-electron chi connectivity index (χ1n) is 38.6. The zero-order valence-electron chi connectivity index (χ0n) is 62.0. The maximum atomic E-state index is 13.0. The lowest BCUT2D eigenvalue weighted by Crippen LogP contribution is -2.36. The van der Waals surface area contributed by atoms with Crippen molar-refractivity contribution >= 4 is 0 Å². The Morgan fingerprint density at radius 2 is 0.365 bits per heavy atom. The Bertz CT molecular complexity index is 3290. The third-order valence-corrected chi connectivity index (χ3v) is 25.6. The minimum Gasteiger partial charge on any atom is -0.388 e. The molecular formula is C88H128O8. The second-order valence-electron chi connectivity index (χ2n) is 32.1. The molecule has 0 aromatic heterocycles. The minimum absolute atomic E-state index is 0.212. The van der Waals surface area contributed by atoms with E-state index in [1.807, 2.05) is 0 Å². The molecule has 0 saturated heterocycles. The standard InChI is InChI=1S/C88H128O8/c1-17-49(9)57-25-65-41-67-27-58(50(10)18-2)29-69(82(67)90)43-71-31-60(52(12)20-4)33-73(84(71)92)45-75-35-62(54(14)22-6)37-77(86(75)94)47-79-39-64(56(16)24-8)40-80(88(79)96)48-78-38-63(55(15)23-7)36-76(87(78)95)46-74-34-61(53(13)21-5)32-72(85(74)93)44-70-30-59(51(11)19-3)28-68(83(70)91)42-66(26-57)81(65)89/h25-40,49-56,65,67-68,71-72,77-79,81-96H,17-24,41-48H2,1-16H3. The molecule has 9 rings (SSSR count). The van der Waals surface area contributed by atoms with E-state index in [4.69, 9.17) is 0 Å². The van der Waals surface area contributed by atoms with Crippen LogP contribution >= 0.6 is 0 Å². The lowest BCUT2D eigenvalue weighted by Gasteiger charge is -2.39. The van der Waals surface area contributed by atoms with Gasteiger partial charge in [-0.2, -0.15) is 0 Å². The van der Waals surface area contributed by atoms with Gasteiger partial charge >= 0.3 is 0 Å². The molecule has 16 bridgehead atoms. The lowest BCUT2D eigenvalue weighted by molar-refractivity contribution is 0.0972. The molecule has 24 unspecified atom stereocenters. The maximum Gasteiger partial charge on any atom is 0.0822 e. The molecule has 528 valence electrons. The normalized spacial score (nSPS) is 34.9. The van der Waals surface area contributed by atoms with Crippen LogP contribution in [-0.4, -0.2) is 89.7 Å². The minimum atomic E-state index is -0.875. The molecule has 8 N–H and O–H groups in total. The van der Waals surface area contributed by atoms with E-state index in [1.54, 1.807) is 0 Å². The van der Waals surface area contributed by atoms with Crippen molar-refractivity contribution in [2.45, 2.75) is 262 Å². The van der Waals surface area contributed by atoms with Crippen LogP contribution in [0.3, 0.4) is 0 Å². The molecule has 0 aromatic carbocycles. The largest absolute Gasteiger partial charge is 0.388 e. The van der Waals surface area contributed by atoms with E-state index in [9.17, 15) is 40.9 Å². The van der Waals surface area contributed by atoms with E-state index in [1.165, 1.54) is 33.4 Å². The van der Waals surface area contributed by atoms with Gasteiger partial charge in [0.1, 0.15) is 0 Å². The summed E-state index contributed by atoms with van der Waals surface area (Å²) in [6, 6.07) is 0. The average Bonchev–Trinajstić information content (AvgIpc) is 0.800. The van der Waals surface area contributed by atoms with Gasteiger partial charge in [-0.05, 0) is 239 Å². The molecule has 1 fully saturated rings. The number of hydrogen-bond acceptors (Lipinski definition) is 8. The van der Waals surface area contributed by atoms with Crippen molar-refractivity contribution in [3.8, 4) is 0 Å². The fraction of sp³-hybridized carbons (Fsp3) is 0.636. The highest BCUT2D eigenvalue weighted by molar-refractivity contribution is 5.47. The van der Waals surface area contributed by atoms with E-state index >= 15 is 0 Å². The van der Waals surface area contributed by atoms with E-state index in [0.717, 1.165) is 107 Å². The monoisotopic (exact) mass is 1310 g/mol. The molecule has 0 aliphatic heterocycles. The topological polar surface area (TPSA) is 162 Å². The average molecular weight is 1310 g/mol. The van der Waals surface area contributed by atoms with Gasteiger partial charge in [-0.15, -0.1) is 0 Å². The van der Waals surface area contributed by atoms with Gasteiger partial charge in [-0.25, -0.2) is 0 Å². The molecule has 1 saturated carbocycles. The summed E-state index contributed by atoms with van der Waals surface area (Å²) in [6.45, 7) is 35.7. The second-order valence-corrected chi connectivity index (χ2v) is 32.1. The van der Waals surface area contributed by atoms with Crippen LogP contribution in [0, 0.1) is 94.7 Å². The van der Waals surface area contributed by atoms with Crippen LogP contribution in [0.4, 0.5) is 0 Å². The first kappa shape index (κ1) is 75.7. The number of rotatable bonds is 16. The summed E-state index contributed by atoms with van der Waals surface area (Å²) in [4.78, 5) is 0. The highest BCUT2D eigenvalue weighted by atomic mass is 16.3. The zero-order chi connectivity index (χ0) is 69.7. The van der Waals surface area contributed by atoms with E-state index in [0.29, 0.717) is 51.4 Å². The SMILES string of the molecule is CCC(C)C1=CC2CC3=CC(C(C)CC)=CC(CC4=CC(C(C)CC)=CC(CC5C=C(C(C)CC)C=C(CC6C=C(C(C)CC)C=C(CC7=CC(C(C)CC)=CC(CC8C=C(C(C)CC)C=C(CC9C=C(C(C)CC)C=C(CC(=C1)C2O)C9O)C8O)C7O)C6O)C5O)C4O)C3O. The van der Waals surface area contributed by atoms with E-state index < -0.39 is 48.8 Å². The Labute approximate surface area is 581 Å². The molecule has 9 aliphatic rings. The number of hydrogen-bond donors (Lipinski definition) is 8. The predicted molar refractivity (Wildman–Crippen MR) is 398 cm³/mol. The second kappa shape index (κ2) is 33.3. The van der Waals surface area contributed by atoms with Gasteiger partial charge in [0.2, 0.25) is 0 Å². The van der Waals surface area contributed by atoms with Gasteiger partial charge in [0, 0.05) is 47.3 Å². The van der Waals surface area contributed by atoms with Crippen LogP contribution in [0.5, 0.6) is 0 Å². The van der Waals surface area contributed by atoms with Gasteiger partial charge < -0.3 is 40.9 Å². The van der Waals surface area contributed by atoms with Gasteiger partial charge in [0.05, 0.1) is 48.8 Å². The highest BCUT2D eigenvalue weighted by Crippen LogP contribution is 2.48. The maximum absolute atomic E-state index is 13.0. The van der Waals surface area contributed by atoms with Crippen molar-refractivity contribution in [3.05, 3.63) is 186 Å². The fourth-order valence-electron chi connectivity index (χ4n) is 17.0. The van der Waals surface area contributed by atoms with Crippen molar-refractivity contribution in [2.24, 2.45) is 94.7 Å². The van der Waals surface area contributed by atoms with Crippen molar-refractivity contribution in [2.75, 3.05) is 0 Å². The molecule has 0 amide bonds. The molecule has 0 aromatic rings. The third-order valence-electron chi connectivity index (χ3n) is 25.6.